The summed E-state index contributed by atoms with van der Waals surface area (Å²) < 4.78 is 51.1. The van der Waals surface area contributed by atoms with Crippen molar-refractivity contribution in [2.45, 2.75) is 49.8 Å². The number of hydrogen-bond donors (Lipinski definition) is 1. The monoisotopic (exact) mass is 374 g/mol. The first kappa shape index (κ1) is 19.8. The zero-order valence-electron chi connectivity index (χ0n) is 14.8. The fourth-order valence-corrected chi connectivity index (χ4v) is 4.32. The van der Waals surface area contributed by atoms with Crippen molar-refractivity contribution in [3.05, 3.63) is 35.4 Å². The molecule has 2 rings (SSSR count). The largest absolute Gasteiger partial charge is 0.350 e. The summed E-state index contributed by atoms with van der Waals surface area (Å²) in [5, 5.41) is 0.962. The normalized spacial score (nSPS) is 23.0. The highest BCUT2D eigenvalue weighted by molar-refractivity contribution is 7.93. The van der Waals surface area contributed by atoms with Gasteiger partial charge in [0.2, 0.25) is 5.91 Å². The first-order chi connectivity index (χ1) is 11.6. The van der Waals surface area contributed by atoms with Crippen LogP contribution in [0.15, 0.2) is 18.2 Å². The number of carbonyl (C=O) groups is 1. The molecule has 8 heteroatoms. The topological polar surface area (TPSA) is 66.5 Å². The maximum Gasteiger partial charge on any atom is 0.238 e. The molecular formula is C17H24F2N2O3S. The van der Waals surface area contributed by atoms with E-state index in [0.717, 1.165) is 12.1 Å². The number of halogens is 2. The zero-order chi connectivity index (χ0) is 18.9. The third-order valence-electron chi connectivity index (χ3n) is 4.78. The number of likely N-dealkylation sites (tertiary alicyclic amines) is 1. The van der Waals surface area contributed by atoms with Gasteiger partial charge in [-0.3, -0.25) is 9.69 Å². The van der Waals surface area contributed by atoms with Crippen molar-refractivity contribution in [1.82, 2.24) is 10.2 Å². The Bertz CT molecular complexity index is 752. The summed E-state index contributed by atoms with van der Waals surface area (Å²) in [7, 11) is -1.74. The molecule has 25 heavy (non-hydrogen) atoms. The van der Waals surface area contributed by atoms with Crippen molar-refractivity contribution in [2.24, 2.45) is 0 Å². The van der Waals surface area contributed by atoms with Crippen molar-refractivity contribution >= 4 is 15.7 Å². The molecule has 3 atom stereocenters. The SMILES string of the molecule is CC(C)S(=O)(=O)[C@H](C)C(=O)N[C@@H]1CCN(C)[C@H]1c1ccc(F)c(F)c1. The van der Waals surface area contributed by atoms with E-state index in [1.807, 2.05) is 11.9 Å². The summed E-state index contributed by atoms with van der Waals surface area (Å²) in [4.78, 5) is 14.3. The van der Waals surface area contributed by atoms with Crippen LogP contribution in [-0.2, 0) is 14.6 Å². The van der Waals surface area contributed by atoms with Crippen LogP contribution in [0.5, 0.6) is 0 Å². The van der Waals surface area contributed by atoms with Crippen molar-refractivity contribution in [3.63, 3.8) is 0 Å². The van der Waals surface area contributed by atoms with Crippen LogP contribution in [-0.4, -0.2) is 49.4 Å². The molecule has 0 saturated carbocycles. The maximum absolute atomic E-state index is 13.6. The minimum Gasteiger partial charge on any atom is -0.350 e. The average Bonchev–Trinajstić information content (AvgIpc) is 2.89. The van der Waals surface area contributed by atoms with Crippen molar-refractivity contribution in [2.75, 3.05) is 13.6 Å². The van der Waals surface area contributed by atoms with Gasteiger partial charge in [0.15, 0.2) is 21.5 Å². The number of hydrogen-bond acceptors (Lipinski definition) is 4. The molecule has 1 aliphatic heterocycles. The summed E-state index contributed by atoms with van der Waals surface area (Å²) in [6.07, 6.45) is 0.598. The Morgan fingerprint density at radius 2 is 1.88 bits per heavy atom. The van der Waals surface area contributed by atoms with Gasteiger partial charge in [0.1, 0.15) is 5.25 Å². The highest BCUT2D eigenvalue weighted by Gasteiger charge is 2.37. The molecule has 0 aromatic heterocycles. The van der Waals surface area contributed by atoms with E-state index >= 15 is 0 Å². The standard InChI is InChI=1S/C17H24F2N2O3S/c1-10(2)25(23,24)11(3)17(22)20-15-7-8-21(4)16(15)12-5-6-13(18)14(19)9-12/h5-6,9-11,15-16H,7-8H2,1-4H3,(H,20,22)/t11-,15-,16+/m1/s1. The Morgan fingerprint density at radius 3 is 2.44 bits per heavy atom. The quantitative estimate of drug-likeness (QED) is 0.857. The second-order valence-corrected chi connectivity index (χ2v) is 9.61. The molecule has 0 spiro atoms. The van der Waals surface area contributed by atoms with Crippen molar-refractivity contribution in [1.29, 1.82) is 0 Å². The van der Waals surface area contributed by atoms with Gasteiger partial charge >= 0.3 is 0 Å². The van der Waals surface area contributed by atoms with Gasteiger partial charge in [0.05, 0.1) is 11.3 Å². The predicted molar refractivity (Wildman–Crippen MR) is 91.8 cm³/mol. The van der Waals surface area contributed by atoms with E-state index in [0.29, 0.717) is 18.5 Å². The van der Waals surface area contributed by atoms with E-state index in [1.165, 1.54) is 26.8 Å². The Hall–Kier alpha value is -1.54. The molecule has 0 bridgehead atoms. The molecular weight excluding hydrogens is 350 g/mol. The van der Waals surface area contributed by atoms with Crippen LogP contribution < -0.4 is 5.32 Å². The molecule has 0 aliphatic carbocycles. The Morgan fingerprint density at radius 1 is 1.24 bits per heavy atom. The van der Waals surface area contributed by atoms with Gasteiger partial charge in [-0.1, -0.05) is 6.07 Å². The Balaban J connectivity index is 2.20. The molecule has 140 valence electrons. The molecule has 1 aromatic carbocycles. The lowest BCUT2D eigenvalue weighted by Crippen LogP contribution is -2.46. The number of likely N-dealkylation sites (N-methyl/N-ethyl adjacent to an activating group) is 1. The molecule has 0 radical (unpaired) electrons. The Kier molecular flexibility index (Phi) is 5.83. The molecule has 1 heterocycles. The highest BCUT2D eigenvalue weighted by Crippen LogP contribution is 2.32. The molecule has 1 saturated heterocycles. The van der Waals surface area contributed by atoms with E-state index in [2.05, 4.69) is 5.32 Å². The van der Waals surface area contributed by atoms with E-state index in [1.54, 1.807) is 0 Å². The lowest BCUT2D eigenvalue weighted by atomic mass is 10.00. The van der Waals surface area contributed by atoms with Crippen LogP contribution in [0.1, 0.15) is 38.8 Å². The molecule has 1 amide bonds. The van der Waals surface area contributed by atoms with Gasteiger partial charge in [-0.05, 0) is 51.9 Å². The van der Waals surface area contributed by atoms with Gasteiger partial charge < -0.3 is 5.32 Å². The van der Waals surface area contributed by atoms with Gasteiger partial charge in [0.25, 0.3) is 0 Å². The first-order valence-corrected chi connectivity index (χ1v) is 9.85. The summed E-state index contributed by atoms with van der Waals surface area (Å²) in [5.74, 6) is -2.44. The van der Waals surface area contributed by atoms with E-state index in [4.69, 9.17) is 0 Å². The fourth-order valence-electron chi connectivity index (χ4n) is 3.14. The van der Waals surface area contributed by atoms with Crippen molar-refractivity contribution in [3.8, 4) is 0 Å². The summed E-state index contributed by atoms with van der Waals surface area (Å²) in [6, 6.07) is 2.95. The molecule has 1 aromatic rings. The van der Waals surface area contributed by atoms with Crippen LogP contribution in [0.2, 0.25) is 0 Å². The van der Waals surface area contributed by atoms with Crippen molar-refractivity contribution < 1.29 is 22.0 Å². The smallest absolute Gasteiger partial charge is 0.238 e. The number of benzene rings is 1. The van der Waals surface area contributed by atoms with Crippen LogP contribution in [0.4, 0.5) is 8.78 Å². The predicted octanol–water partition coefficient (Wildman–Crippen LogP) is 2.04. The molecule has 1 fully saturated rings. The Labute approximate surface area is 147 Å². The highest BCUT2D eigenvalue weighted by atomic mass is 32.2. The van der Waals surface area contributed by atoms with Gasteiger partial charge in [-0.15, -0.1) is 0 Å². The van der Waals surface area contributed by atoms with Crippen LogP contribution in [0, 0.1) is 11.6 Å². The van der Waals surface area contributed by atoms with Gasteiger partial charge in [-0.2, -0.15) is 0 Å². The number of nitrogens with zero attached hydrogens (tertiary/aromatic N) is 1. The third-order valence-corrected chi connectivity index (χ3v) is 7.29. The second-order valence-electron chi connectivity index (χ2n) is 6.78. The lowest BCUT2D eigenvalue weighted by Gasteiger charge is -2.27. The minimum atomic E-state index is -3.56. The summed E-state index contributed by atoms with van der Waals surface area (Å²) >= 11 is 0. The first-order valence-electron chi connectivity index (χ1n) is 8.24. The second kappa shape index (κ2) is 7.37. The number of rotatable bonds is 5. The summed E-state index contributed by atoms with van der Waals surface area (Å²) in [6.45, 7) is 5.09. The van der Waals surface area contributed by atoms with Crippen LogP contribution in [0.25, 0.3) is 0 Å². The van der Waals surface area contributed by atoms with Crippen LogP contribution in [0.3, 0.4) is 0 Å². The number of sulfone groups is 1. The lowest BCUT2D eigenvalue weighted by molar-refractivity contribution is -0.121. The maximum atomic E-state index is 13.6. The summed E-state index contributed by atoms with van der Waals surface area (Å²) in [5.41, 5.74) is 0.545. The third kappa shape index (κ3) is 4.00. The van der Waals surface area contributed by atoms with E-state index in [-0.39, 0.29) is 12.1 Å². The van der Waals surface area contributed by atoms with Gasteiger partial charge in [0, 0.05) is 12.6 Å². The number of carbonyl (C=O) groups excluding carboxylic acids is 1. The molecule has 1 aliphatic rings. The molecule has 5 nitrogen and oxygen atoms in total. The minimum absolute atomic E-state index is 0.340. The van der Waals surface area contributed by atoms with E-state index in [9.17, 15) is 22.0 Å². The van der Waals surface area contributed by atoms with E-state index < -0.39 is 37.9 Å². The molecule has 0 unspecified atom stereocenters. The average molecular weight is 374 g/mol. The zero-order valence-corrected chi connectivity index (χ0v) is 15.6. The molecule has 1 N–H and O–H groups in total. The number of nitrogens with one attached hydrogen (secondary N) is 1. The number of amides is 1. The fraction of sp³-hybridized carbons (Fsp3) is 0.588. The van der Waals surface area contributed by atoms with Gasteiger partial charge in [-0.25, -0.2) is 17.2 Å². The van der Waals surface area contributed by atoms with Crippen LogP contribution >= 0.6 is 0 Å².